The van der Waals surface area contributed by atoms with Gasteiger partial charge >= 0.3 is 0 Å². The molecule has 1 saturated carbocycles. The molecule has 118 valence electrons. The lowest BCUT2D eigenvalue weighted by molar-refractivity contribution is 0.241. The van der Waals surface area contributed by atoms with Crippen molar-refractivity contribution in [3.8, 4) is 0 Å². The predicted molar refractivity (Wildman–Crippen MR) is 90.9 cm³/mol. The van der Waals surface area contributed by atoms with Crippen molar-refractivity contribution in [2.75, 3.05) is 5.33 Å². The molecule has 1 fully saturated rings. The molecule has 1 aromatic carbocycles. The molecule has 1 aromatic rings. The molecule has 0 aromatic heterocycles. The van der Waals surface area contributed by atoms with Crippen LogP contribution in [-0.2, 0) is 10.0 Å². The minimum absolute atomic E-state index is 0.149. The topological polar surface area (TPSA) is 46.2 Å². The maximum absolute atomic E-state index is 12.6. The lowest BCUT2D eigenvalue weighted by Crippen LogP contribution is -2.52. The van der Waals surface area contributed by atoms with E-state index < -0.39 is 15.6 Å². The van der Waals surface area contributed by atoms with Crippen LogP contribution in [0, 0.1) is 5.92 Å². The highest BCUT2D eigenvalue weighted by atomic mass is 79.9. The quantitative estimate of drug-likeness (QED) is 0.730. The molecular weight excluding hydrogens is 397 g/mol. The molecule has 0 aliphatic heterocycles. The van der Waals surface area contributed by atoms with Crippen molar-refractivity contribution >= 4 is 49.2 Å². The van der Waals surface area contributed by atoms with E-state index in [2.05, 4.69) is 27.6 Å². The molecule has 2 unspecified atom stereocenters. The van der Waals surface area contributed by atoms with Crippen molar-refractivity contribution in [3.05, 3.63) is 28.2 Å². The molecule has 0 bridgehead atoms. The Balaban J connectivity index is 2.28. The highest BCUT2D eigenvalue weighted by Crippen LogP contribution is 2.35. The fraction of sp³-hybridized carbons (Fsp3) is 0.571. The Morgan fingerprint density at radius 2 is 2.10 bits per heavy atom. The van der Waals surface area contributed by atoms with E-state index >= 15 is 0 Å². The zero-order chi connectivity index (χ0) is 15.7. The van der Waals surface area contributed by atoms with Gasteiger partial charge in [-0.3, -0.25) is 0 Å². The number of hydrogen-bond donors (Lipinski definition) is 1. The Hall–Kier alpha value is 0.190. The van der Waals surface area contributed by atoms with Crippen molar-refractivity contribution < 1.29 is 8.42 Å². The van der Waals surface area contributed by atoms with Gasteiger partial charge in [0.05, 0.1) is 14.9 Å². The number of rotatable bonds is 4. The standard InChI is InChI=1S/C14H18BrCl2NO2S/c1-10-3-2-6-14(8-10,9-15)18-21(19,20)11-4-5-12(16)13(17)7-11/h4-5,7,10,18H,2-3,6,8-9H2,1H3. The van der Waals surface area contributed by atoms with Gasteiger partial charge in [0, 0.05) is 10.9 Å². The van der Waals surface area contributed by atoms with Crippen LogP contribution >= 0.6 is 39.1 Å². The third kappa shape index (κ3) is 4.14. The highest BCUT2D eigenvalue weighted by molar-refractivity contribution is 9.09. The lowest BCUT2D eigenvalue weighted by Gasteiger charge is -2.39. The van der Waals surface area contributed by atoms with Crippen LogP contribution in [0.2, 0.25) is 10.0 Å². The summed E-state index contributed by atoms with van der Waals surface area (Å²) in [7, 11) is -3.62. The molecule has 21 heavy (non-hydrogen) atoms. The molecule has 1 aliphatic rings. The van der Waals surface area contributed by atoms with Gasteiger partial charge in [-0.25, -0.2) is 13.1 Å². The average molecular weight is 415 g/mol. The van der Waals surface area contributed by atoms with Gasteiger partial charge < -0.3 is 0 Å². The van der Waals surface area contributed by atoms with Crippen molar-refractivity contribution in [3.63, 3.8) is 0 Å². The van der Waals surface area contributed by atoms with E-state index in [1.54, 1.807) is 0 Å². The van der Waals surface area contributed by atoms with Crippen molar-refractivity contribution in [2.24, 2.45) is 5.92 Å². The van der Waals surface area contributed by atoms with Crippen LogP contribution < -0.4 is 4.72 Å². The van der Waals surface area contributed by atoms with Crippen LogP contribution in [0.25, 0.3) is 0 Å². The number of halogens is 3. The van der Waals surface area contributed by atoms with Crippen LogP contribution in [0.5, 0.6) is 0 Å². The molecule has 0 saturated heterocycles. The van der Waals surface area contributed by atoms with Crippen LogP contribution in [0.3, 0.4) is 0 Å². The summed E-state index contributed by atoms with van der Waals surface area (Å²) in [6.45, 7) is 2.16. The van der Waals surface area contributed by atoms with Gasteiger partial charge in [0.2, 0.25) is 10.0 Å². The Morgan fingerprint density at radius 3 is 2.67 bits per heavy atom. The summed E-state index contributed by atoms with van der Waals surface area (Å²) in [4.78, 5) is 0.149. The maximum atomic E-state index is 12.6. The second-order valence-electron chi connectivity index (χ2n) is 5.80. The summed E-state index contributed by atoms with van der Waals surface area (Å²) in [6, 6.07) is 4.37. The van der Waals surface area contributed by atoms with Crippen molar-refractivity contribution in [1.82, 2.24) is 4.72 Å². The van der Waals surface area contributed by atoms with Gasteiger partial charge in [-0.2, -0.15) is 0 Å². The molecule has 0 radical (unpaired) electrons. The molecule has 0 amide bonds. The minimum atomic E-state index is -3.62. The number of benzene rings is 1. The average Bonchev–Trinajstić information content (AvgIpc) is 2.41. The summed E-state index contributed by atoms with van der Waals surface area (Å²) in [5.41, 5.74) is -0.428. The van der Waals surface area contributed by atoms with Crippen LogP contribution in [0.4, 0.5) is 0 Å². The predicted octanol–water partition coefficient (Wildman–Crippen LogP) is 4.62. The second-order valence-corrected chi connectivity index (χ2v) is 8.85. The Kier molecular flexibility index (Phi) is 5.64. The monoisotopic (exact) mass is 413 g/mol. The number of sulfonamides is 1. The molecule has 7 heteroatoms. The van der Waals surface area contributed by atoms with Crippen LogP contribution in [-0.4, -0.2) is 19.3 Å². The van der Waals surface area contributed by atoms with Gasteiger partial charge in [-0.1, -0.05) is 58.9 Å². The van der Waals surface area contributed by atoms with Gasteiger partial charge in [-0.05, 0) is 37.0 Å². The maximum Gasteiger partial charge on any atom is 0.241 e. The summed E-state index contributed by atoms with van der Waals surface area (Å²) in [6.07, 6.45) is 3.84. The molecule has 2 atom stereocenters. The molecule has 0 spiro atoms. The van der Waals surface area contributed by atoms with Gasteiger partial charge in [0.15, 0.2) is 0 Å². The molecule has 2 rings (SSSR count). The van der Waals surface area contributed by atoms with Crippen molar-refractivity contribution in [1.29, 1.82) is 0 Å². The summed E-state index contributed by atoms with van der Waals surface area (Å²) < 4.78 is 28.1. The Morgan fingerprint density at radius 1 is 1.38 bits per heavy atom. The molecule has 1 aliphatic carbocycles. The van der Waals surface area contributed by atoms with Gasteiger partial charge in [0.25, 0.3) is 0 Å². The van der Waals surface area contributed by atoms with E-state index in [1.165, 1.54) is 18.2 Å². The highest BCUT2D eigenvalue weighted by Gasteiger charge is 2.38. The van der Waals surface area contributed by atoms with E-state index in [9.17, 15) is 8.42 Å². The van der Waals surface area contributed by atoms with Gasteiger partial charge in [-0.15, -0.1) is 0 Å². The van der Waals surface area contributed by atoms with E-state index in [-0.39, 0.29) is 9.92 Å². The summed E-state index contributed by atoms with van der Waals surface area (Å²) in [5, 5.41) is 1.19. The number of hydrogen-bond acceptors (Lipinski definition) is 2. The summed E-state index contributed by atoms with van der Waals surface area (Å²) >= 11 is 15.2. The number of nitrogens with one attached hydrogen (secondary N) is 1. The number of alkyl halides is 1. The van der Waals surface area contributed by atoms with Gasteiger partial charge in [0.1, 0.15) is 0 Å². The fourth-order valence-corrected chi connectivity index (χ4v) is 5.55. The Labute approximate surface area is 144 Å². The lowest BCUT2D eigenvalue weighted by atomic mass is 9.78. The fourth-order valence-electron chi connectivity index (χ4n) is 2.89. The van der Waals surface area contributed by atoms with Crippen LogP contribution in [0.1, 0.15) is 32.6 Å². The molecular formula is C14H18BrCl2NO2S. The minimum Gasteiger partial charge on any atom is -0.207 e. The third-order valence-corrected chi connectivity index (χ3v) is 7.29. The second kappa shape index (κ2) is 6.75. The smallest absolute Gasteiger partial charge is 0.207 e. The largest absolute Gasteiger partial charge is 0.241 e. The Bertz CT molecular complexity index is 623. The zero-order valence-corrected chi connectivity index (χ0v) is 15.6. The first kappa shape index (κ1) is 17.5. The van der Waals surface area contributed by atoms with Crippen LogP contribution in [0.15, 0.2) is 23.1 Å². The van der Waals surface area contributed by atoms with E-state index in [1.807, 2.05) is 0 Å². The molecule has 1 N–H and O–H groups in total. The zero-order valence-electron chi connectivity index (χ0n) is 11.7. The molecule has 0 heterocycles. The van der Waals surface area contributed by atoms with E-state index in [0.717, 1.165) is 25.7 Å². The first-order chi connectivity index (χ1) is 9.78. The van der Waals surface area contributed by atoms with Crippen molar-refractivity contribution in [2.45, 2.75) is 43.0 Å². The van der Waals surface area contributed by atoms with E-state index in [0.29, 0.717) is 16.3 Å². The third-order valence-electron chi connectivity index (χ3n) is 3.90. The SMILES string of the molecule is CC1CCCC(CBr)(NS(=O)(=O)c2ccc(Cl)c(Cl)c2)C1. The summed E-state index contributed by atoms with van der Waals surface area (Å²) in [5.74, 6) is 0.507. The first-order valence-corrected chi connectivity index (χ1v) is 10.2. The molecule has 3 nitrogen and oxygen atoms in total. The normalized spacial score (nSPS) is 26.8. The van der Waals surface area contributed by atoms with E-state index in [4.69, 9.17) is 23.2 Å². The first-order valence-electron chi connectivity index (χ1n) is 6.83.